The van der Waals surface area contributed by atoms with Crippen LogP contribution in [0.2, 0.25) is 0 Å². The molecule has 0 spiro atoms. The summed E-state index contributed by atoms with van der Waals surface area (Å²) in [6.45, 7) is 2.38. The highest BCUT2D eigenvalue weighted by Gasteiger charge is 2.16. The molecule has 0 amide bonds. The third-order valence-electron chi connectivity index (χ3n) is 3.23. The van der Waals surface area contributed by atoms with Crippen LogP contribution in [0, 0.1) is 6.92 Å². The second-order valence-corrected chi connectivity index (χ2v) is 4.54. The monoisotopic (exact) mass is 267 g/mol. The average molecular weight is 267 g/mol. The van der Waals surface area contributed by atoms with E-state index in [4.69, 9.17) is 0 Å². The quantitative estimate of drug-likeness (QED) is 0.791. The number of carboxylic acid groups (broad SMARTS) is 1. The number of hydrogen-bond donors (Lipinski definition) is 1. The number of pyridine rings is 1. The number of para-hydroxylation sites is 1. The van der Waals surface area contributed by atoms with Crippen LogP contribution >= 0.6 is 0 Å². The number of hydrogen-bond acceptors (Lipinski definition) is 3. The van der Waals surface area contributed by atoms with E-state index < -0.39 is 5.97 Å². The topological polar surface area (TPSA) is 68.0 Å². The predicted molar refractivity (Wildman–Crippen MR) is 74.8 cm³/mol. The van der Waals surface area contributed by atoms with Crippen molar-refractivity contribution in [1.29, 1.82) is 0 Å². The maximum Gasteiger partial charge on any atom is 0.337 e. The summed E-state index contributed by atoms with van der Waals surface area (Å²) < 4.78 is 1.89. The molecule has 0 saturated carbocycles. The number of nitrogens with zero attached hydrogens (tertiary/aromatic N) is 3. The molecule has 0 aliphatic rings. The fourth-order valence-corrected chi connectivity index (χ4v) is 2.32. The van der Waals surface area contributed by atoms with Gasteiger partial charge in [0.25, 0.3) is 0 Å². The summed E-state index contributed by atoms with van der Waals surface area (Å²) in [4.78, 5) is 20.1. The van der Waals surface area contributed by atoms with Crippen LogP contribution in [0.25, 0.3) is 11.0 Å². The van der Waals surface area contributed by atoms with E-state index in [-0.39, 0.29) is 5.56 Å². The Labute approximate surface area is 115 Å². The SMILES string of the molecule is Cc1nc2cccc(C(=O)O)c2n1Cc1ccccn1. The first-order valence-electron chi connectivity index (χ1n) is 6.26. The normalized spacial score (nSPS) is 10.8. The van der Waals surface area contributed by atoms with Crippen molar-refractivity contribution in [2.24, 2.45) is 0 Å². The summed E-state index contributed by atoms with van der Waals surface area (Å²) >= 11 is 0. The molecule has 100 valence electrons. The minimum absolute atomic E-state index is 0.263. The highest BCUT2D eigenvalue weighted by Crippen LogP contribution is 2.21. The maximum absolute atomic E-state index is 11.4. The van der Waals surface area contributed by atoms with Gasteiger partial charge in [0.15, 0.2) is 0 Å². The molecule has 3 rings (SSSR count). The fourth-order valence-electron chi connectivity index (χ4n) is 2.32. The van der Waals surface area contributed by atoms with E-state index in [1.165, 1.54) is 0 Å². The van der Waals surface area contributed by atoms with Crippen LogP contribution in [0.3, 0.4) is 0 Å². The Morgan fingerprint density at radius 1 is 1.25 bits per heavy atom. The second-order valence-electron chi connectivity index (χ2n) is 4.54. The van der Waals surface area contributed by atoms with Crippen molar-refractivity contribution in [2.45, 2.75) is 13.5 Å². The molecule has 0 fully saturated rings. The Bertz CT molecular complexity index is 778. The van der Waals surface area contributed by atoms with Crippen LogP contribution in [0.4, 0.5) is 0 Å². The van der Waals surface area contributed by atoms with Gasteiger partial charge in [-0.2, -0.15) is 0 Å². The number of carboxylic acids is 1. The highest BCUT2D eigenvalue weighted by molar-refractivity contribution is 6.01. The summed E-state index contributed by atoms with van der Waals surface area (Å²) in [5, 5.41) is 9.33. The number of aromatic nitrogens is 3. The molecule has 0 unspecified atom stereocenters. The van der Waals surface area contributed by atoms with Crippen LogP contribution in [0.15, 0.2) is 42.6 Å². The van der Waals surface area contributed by atoms with Gasteiger partial charge < -0.3 is 9.67 Å². The van der Waals surface area contributed by atoms with Gasteiger partial charge in [-0.25, -0.2) is 9.78 Å². The van der Waals surface area contributed by atoms with Gasteiger partial charge in [-0.15, -0.1) is 0 Å². The van der Waals surface area contributed by atoms with Gasteiger partial charge in [-0.1, -0.05) is 12.1 Å². The third-order valence-corrected chi connectivity index (χ3v) is 3.23. The molecule has 2 aromatic heterocycles. The van der Waals surface area contributed by atoms with Gasteiger partial charge in [-0.05, 0) is 31.2 Å². The zero-order valence-corrected chi connectivity index (χ0v) is 10.9. The van der Waals surface area contributed by atoms with Gasteiger partial charge in [0.05, 0.1) is 28.8 Å². The van der Waals surface area contributed by atoms with Crippen LogP contribution in [0.5, 0.6) is 0 Å². The van der Waals surface area contributed by atoms with Crippen LogP contribution in [-0.4, -0.2) is 25.6 Å². The van der Waals surface area contributed by atoms with E-state index in [0.717, 1.165) is 11.5 Å². The van der Waals surface area contributed by atoms with Gasteiger partial charge in [0, 0.05) is 6.20 Å². The highest BCUT2D eigenvalue weighted by atomic mass is 16.4. The average Bonchev–Trinajstić information content (AvgIpc) is 2.76. The molecule has 0 atom stereocenters. The lowest BCUT2D eigenvalue weighted by atomic mass is 10.2. The zero-order valence-electron chi connectivity index (χ0n) is 10.9. The van der Waals surface area contributed by atoms with Crippen molar-refractivity contribution in [1.82, 2.24) is 14.5 Å². The molecular formula is C15H13N3O2. The molecule has 20 heavy (non-hydrogen) atoms. The minimum Gasteiger partial charge on any atom is -0.478 e. The van der Waals surface area contributed by atoms with E-state index in [2.05, 4.69) is 9.97 Å². The first-order valence-corrected chi connectivity index (χ1v) is 6.26. The molecule has 5 heteroatoms. The Morgan fingerprint density at radius 2 is 2.10 bits per heavy atom. The second kappa shape index (κ2) is 4.77. The molecule has 3 aromatic rings. The number of aryl methyl sites for hydroxylation is 1. The zero-order chi connectivity index (χ0) is 14.1. The predicted octanol–water partition coefficient (Wildman–Crippen LogP) is 2.49. The first kappa shape index (κ1) is 12.3. The van der Waals surface area contributed by atoms with Crippen molar-refractivity contribution >= 4 is 17.0 Å². The number of imidazole rings is 1. The molecule has 0 saturated heterocycles. The van der Waals surface area contributed by atoms with Crippen molar-refractivity contribution < 1.29 is 9.90 Å². The summed E-state index contributed by atoms with van der Waals surface area (Å²) in [5.74, 6) is -0.169. The number of benzene rings is 1. The molecule has 1 N–H and O–H groups in total. The molecule has 0 aliphatic heterocycles. The molecule has 2 heterocycles. The summed E-state index contributed by atoms with van der Waals surface area (Å²) in [6, 6.07) is 10.8. The Morgan fingerprint density at radius 3 is 2.80 bits per heavy atom. The minimum atomic E-state index is -0.947. The van der Waals surface area contributed by atoms with Crippen LogP contribution < -0.4 is 0 Å². The summed E-state index contributed by atoms with van der Waals surface area (Å²) in [7, 11) is 0. The molecule has 0 aliphatic carbocycles. The van der Waals surface area contributed by atoms with E-state index >= 15 is 0 Å². The fraction of sp³-hybridized carbons (Fsp3) is 0.133. The van der Waals surface area contributed by atoms with Gasteiger partial charge in [0.1, 0.15) is 5.82 Å². The maximum atomic E-state index is 11.4. The molecule has 1 aromatic carbocycles. The summed E-state index contributed by atoms with van der Waals surface area (Å²) in [6.07, 6.45) is 1.72. The lowest BCUT2D eigenvalue weighted by molar-refractivity contribution is 0.0698. The van der Waals surface area contributed by atoms with E-state index in [0.29, 0.717) is 17.6 Å². The first-order chi connectivity index (χ1) is 9.66. The van der Waals surface area contributed by atoms with E-state index in [9.17, 15) is 9.90 Å². The number of fused-ring (bicyclic) bond motifs is 1. The van der Waals surface area contributed by atoms with Crippen molar-refractivity contribution in [3.8, 4) is 0 Å². The lowest BCUT2D eigenvalue weighted by Gasteiger charge is -2.08. The van der Waals surface area contributed by atoms with Gasteiger partial charge >= 0.3 is 5.97 Å². The van der Waals surface area contributed by atoms with Crippen molar-refractivity contribution in [3.05, 3.63) is 59.7 Å². The smallest absolute Gasteiger partial charge is 0.337 e. The lowest BCUT2D eigenvalue weighted by Crippen LogP contribution is -2.07. The third kappa shape index (κ3) is 2.03. The number of aromatic carboxylic acids is 1. The van der Waals surface area contributed by atoms with Gasteiger partial charge in [0.2, 0.25) is 0 Å². The van der Waals surface area contributed by atoms with Crippen LogP contribution in [-0.2, 0) is 6.54 Å². The molecule has 0 bridgehead atoms. The molecule has 0 radical (unpaired) electrons. The van der Waals surface area contributed by atoms with Crippen molar-refractivity contribution in [3.63, 3.8) is 0 Å². The largest absolute Gasteiger partial charge is 0.478 e. The van der Waals surface area contributed by atoms with Crippen LogP contribution in [0.1, 0.15) is 21.9 Å². The molecular weight excluding hydrogens is 254 g/mol. The van der Waals surface area contributed by atoms with E-state index in [1.807, 2.05) is 35.8 Å². The standard InChI is InChI=1S/C15H13N3O2/c1-10-17-13-7-4-6-12(15(19)20)14(13)18(10)9-11-5-2-3-8-16-11/h2-8H,9H2,1H3,(H,19,20). The Kier molecular flexibility index (Phi) is 2.95. The summed E-state index contributed by atoms with van der Waals surface area (Å²) in [5.41, 5.74) is 2.47. The van der Waals surface area contributed by atoms with Gasteiger partial charge in [-0.3, -0.25) is 4.98 Å². The number of rotatable bonds is 3. The van der Waals surface area contributed by atoms with Crippen molar-refractivity contribution in [2.75, 3.05) is 0 Å². The Balaban J connectivity index is 2.19. The van der Waals surface area contributed by atoms with E-state index in [1.54, 1.807) is 18.3 Å². The number of carbonyl (C=O) groups is 1. The molecule has 5 nitrogen and oxygen atoms in total. The Hall–Kier alpha value is -2.69.